The summed E-state index contributed by atoms with van der Waals surface area (Å²) in [5.41, 5.74) is -3.04. The van der Waals surface area contributed by atoms with Crippen molar-refractivity contribution in [2.75, 3.05) is 19.5 Å². The summed E-state index contributed by atoms with van der Waals surface area (Å²) >= 11 is 9.36. The number of oxime groups is 1. The number of hydrogen-bond donors (Lipinski definition) is 1. The first-order chi connectivity index (χ1) is 18.4. The molecule has 0 heterocycles. The van der Waals surface area contributed by atoms with Crippen LogP contribution in [0.3, 0.4) is 0 Å². The lowest BCUT2D eigenvalue weighted by molar-refractivity contribution is 0.175. The van der Waals surface area contributed by atoms with E-state index in [4.69, 9.17) is 35.2 Å². The third kappa shape index (κ3) is 11.2. The summed E-state index contributed by atoms with van der Waals surface area (Å²) in [4.78, 5) is 17.5. The van der Waals surface area contributed by atoms with Gasteiger partial charge in [0.1, 0.15) is 24.4 Å². The van der Waals surface area contributed by atoms with Gasteiger partial charge in [-0.15, -0.1) is 0 Å². The van der Waals surface area contributed by atoms with Gasteiger partial charge in [-0.25, -0.2) is 4.79 Å². The van der Waals surface area contributed by atoms with E-state index in [2.05, 4.69) is 33.1 Å². The first-order valence-corrected chi connectivity index (χ1v) is 17.9. The predicted octanol–water partition coefficient (Wildman–Crippen LogP) is 7.90. The Labute approximate surface area is 247 Å². The summed E-state index contributed by atoms with van der Waals surface area (Å²) in [5.74, 6) is 1.98. The number of carbonyl (C=O) groups excluding carboxylic acids is 1. The van der Waals surface area contributed by atoms with Crippen LogP contribution < -0.4 is 19.1 Å². The highest BCUT2D eigenvalue weighted by atomic mass is 127. The van der Waals surface area contributed by atoms with Gasteiger partial charge in [-0.1, -0.05) is 43.8 Å². The van der Waals surface area contributed by atoms with Crippen LogP contribution in [-0.2, 0) is 21.4 Å². The highest BCUT2D eigenvalue weighted by Crippen LogP contribution is 2.60. The summed E-state index contributed by atoms with van der Waals surface area (Å²) in [5, 5.41) is 6.86. The molecular formula is C26H34IN2O6PS2. The highest BCUT2D eigenvalue weighted by Gasteiger charge is 2.27. The molecule has 0 radical (unpaired) electrons. The molecule has 3 rings (SSSR count). The Kier molecular flexibility index (Phi) is 13.3. The van der Waals surface area contributed by atoms with E-state index in [-0.39, 0.29) is 17.7 Å². The van der Waals surface area contributed by atoms with Crippen LogP contribution >= 0.6 is 39.7 Å². The fraction of sp³-hybridized carbons (Fsp3) is 0.462. The van der Waals surface area contributed by atoms with Crippen LogP contribution in [0.2, 0.25) is 0 Å². The minimum atomic E-state index is -3.04. The molecule has 1 aliphatic carbocycles. The van der Waals surface area contributed by atoms with Gasteiger partial charge in [-0.2, -0.15) is 0 Å². The zero-order valence-electron chi connectivity index (χ0n) is 21.6. The fourth-order valence-corrected chi connectivity index (χ4v) is 7.97. The number of carbonyl (C=O) groups is 1. The van der Waals surface area contributed by atoms with Crippen LogP contribution in [0.5, 0.6) is 17.2 Å². The van der Waals surface area contributed by atoms with E-state index in [1.165, 1.54) is 31.3 Å². The number of ether oxygens (including phenoxy) is 2. The number of benzene rings is 2. The van der Waals surface area contributed by atoms with Gasteiger partial charge >= 0.3 is 11.8 Å². The molecule has 0 spiro atoms. The summed E-state index contributed by atoms with van der Waals surface area (Å²) < 4.78 is 24.8. The Hall–Kier alpha value is -1.69. The Balaban J connectivity index is 1.71. The molecule has 1 atom stereocenters. The molecule has 12 heteroatoms. The van der Waals surface area contributed by atoms with Crippen molar-refractivity contribution in [3.8, 4) is 17.2 Å². The molecule has 1 aliphatic rings. The first kappa shape index (κ1) is 30.8. The quantitative estimate of drug-likeness (QED) is 0.0600. The summed E-state index contributed by atoms with van der Waals surface area (Å²) in [6.07, 6.45) is 6.81. The molecule has 1 N–H and O–H groups in total. The van der Waals surface area contributed by atoms with Crippen molar-refractivity contribution < 1.29 is 28.2 Å². The zero-order valence-corrected chi connectivity index (χ0v) is 26.3. The summed E-state index contributed by atoms with van der Waals surface area (Å²) in [7, 11) is 1.40. The van der Waals surface area contributed by atoms with Crippen molar-refractivity contribution in [2.45, 2.75) is 57.9 Å². The number of rotatable bonds is 12. The molecule has 1 fully saturated rings. The van der Waals surface area contributed by atoms with E-state index in [0.29, 0.717) is 23.9 Å². The van der Waals surface area contributed by atoms with Crippen LogP contribution in [0.1, 0.15) is 51.9 Å². The average molecular weight is 693 g/mol. The molecule has 1 amide bonds. The lowest BCUT2D eigenvalue weighted by Gasteiger charge is -2.23. The number of alkyl carbamates (subject to hydrolysis) is 1. The Morgan fingerprint density at radius 3 is 2.45 bits per heavy atom. The first-order valence-electron chi connectivity index (χ1n) is 12.6. The van der Waals surface area contributed by atoms with E-state index in [9.17, 15) is 4.79 Å². The molecule has 0 aromatic heterocycles. The van der Waals surface area contributed by atoms with Crippen molar-refractivity contribution in [3.63, 3.8) is 0 Å². The van der Waals surface area contributed by atoms with Crippen molar-refractivity contribution in [1.29, 1.82) is 0 Å². The smallest absolute Gasteiger partial charge is 0.414 e. The summed E-state index contributed by atoms with van der Waals surface area (Å²) in [6.45, 7) is 2.65. The Morgan fingerprint density at radius 1 is 1.08 bits per heavy atom. The van der Waals surface area contributed by atoms with E-state index in [1.54, 1.807) is 12.1 Å². The number of halogens is 1. The van der Waals surface area contributed by atoms with Gasteiger partial charge in [0.2, 0.25) is 5.90 Å². The molecule has 38 heavy (non-hydrogen) atoms. The van der Waals surface area contributed by atoms with Crippen LogP contribution in [0.25, 0.3) is 0 Å². The van der Waals surface area contributed by atoms with Crippen LogP contribution in [-0.4, -0.2) is 37.5 Å². The second-order valence-corrected chi connectivity index (χ2v) is 16.0. The molecule has 2 aromatic carbocycles. The largest absolute Gasteiger partial charge is 0.493 e. The minimum absolute atomic E-state index is 0.0766. The molecule has 8 nitrogen and oxygen atoms in total. The van der Waals surface area contributed by atoms with Crippen molar-refractivity contribution in [1.82, 2.24) is 5.32 Å². The standard InChI is InChI=1S/C26H34IN2O6PS2/c1-3-17-32-23-11-8-12-24(18-23)35-36(37,34-22-15-13-20(27)14-16-22)38-19-25(29-31-2)33-26(30)28-21-9-6-4-5-7-10-21/h8,11-16,18,21H,3-7,9-10,17,19H2,1-2H3,(H,28,30). The van der Waals surface area contributed by atoms with Crippen LogP contribution in [0.4, 0.5) is 4.79 Å². The SMILES string of the molecule is CCCOc1cccc(OP(=S)(Oc2ccc(I)cc2)SCC(=NOC)OC(=O)NC2CCCCCC2)c1. The molecule has 1 unspecified atom stereocenters. The number of hydrogen-bond acceptors (Lipinski definition) is 9. The van der Waals surface area contributed by atoms with E-state index in [1.807, 2.05) is 43.3 Å². The number of nitrogens with zero attached hydrogens (tertiary/aromatic N) is 1. The van der Waals surface area contributed by atoms with Gasteiger partial charge in [-0.3, -0.25) is 0 Å². The van der Waals surface area contributed by atoms with Crippen LogP contribution in [0.15, 0.2) is 53.7 Å². The predicted molar refractivity (Wildman–Crippen MR) is 165 cm³/mol. The van der Waals surface area contributed by atoms with Crippen molar-refractivity contribution >= 4 is 63.5 Å². The monoisotopic (exact) mass is 692 g/mol. The number of nitrogens with one attached hydrogen (secondary N) is 1. The average Bonchev–Trinajstić information content (AvgIpc) is 3.16. The van der Waals surface area contributed by atoms with Gasteiger partial charge in [0, 0.05) is 15.7 Å². The third-order valence-corrected chi connectivity index (χ3v) is 10.9. The highest BCUT2D eigenvalue weighted by molar-refractivity contribution is 14.1. The molecule has 208 valence electrons. The normalized spacial score (nSPS) is 16.0. The summed E-state index contributed by atoms with van der Waals surface area (Å²) in [6, 6.07) is 14.9. The van der Waals surface area contributed by atoms with E-state index in [0.717, 1.165) is 35.7 Å². The maximum atomic E-state index is 12.6. The Bertz CT molecular complexity index is 1100. The lowest BCUT2D eigenvalue weighted by atomic mass is 10.1. The fourth-order valence-electron chi connectivity index (χ4n) is 3.70. The molecule has 0 aliphatic heterocycles. The van der Waals surface area contributed by atoms with Crippen molar-refractivity contribution in [2.24, 2.45) is 5.16 Å². The molecular weight excluding hydrogens is 658 g/mol. The number of amides is 1. The van der Waals surface area contributed by atoms with E-state index < -0.39 is 11.8 Å². The second-order valence-electron chi connectivity index (χ2n) is 8.57. The van der Waals surface area contributed by atoms with Crippen molar-refractivity contribution in [3.05, 3.63) is 52.1 Å². The second kappa shape index (κ2) is 16.4. The van der Waals surface area contributed by atoms with Gasteiger partial charge in [0.25, 0.3) is 0 Å². The lowest BCUT2D eigenvalue weighted by Crippen LogP contribution is -2.36. The molecule has 0 bridgehead atoms. The maximum absolute atomic E-state index is 12.6. The molecule has 2 aromatic rings. The van der Waals surface area contributed by atoms with Gasteiger partial charge in [-0.05, 0) is 101 Å². The molecule has 1 saturated carbocycles. The van der Waals surface area contributed by atoms with Gasteiger partial charge in [0.15, 0.2) is 0 Å². The minimum Gasteiger partial charge on any atom is -0.493 e. The Morgan fingerprint density at radius 2 is 1.76 bits per heavy atom. The maximum Gasteiger partial charge on any atom is 0.414 e. The van der Waals surface area contributed by atoms with Gasteiger partial charge in [0.05, 0.1) is 12.4 Å². The van der Waals surface area contributed by atoms with Gasteiger partial charge < -0.3 is 28.7 Å². The van der Waals surface area contributed by atoms with E-state index >= 15 is 0 Å². The molecule has 0 saturated heterocycles. The van der Waals surface area contributed by atoms with Crippen LogP contribution in [0, 0.1) is 3.57 Å². The topological polar surface area (TPSA) is 87.6 Å². The zero-order chi connectivity index (χ0) is 27.2. The third-order valence-electron chi connectivity index (χ3n) is 5.45.